The SMILES string of the molecule is Brc1cccc(-c2ccc(SCc3nc(-c4cccs4)no3)nn2)c1. The highest BCUT2D eigenvalue weighted by Crippen LogP contribution is 2.26. The molecule has 4 aromatic rings. The molecule has 0 unspecified atom stereocenters. The van der Waals surface area contributed by atoms with Crippen molar-refractivity contribution in [3.63, 3.8) is 0 Å². The Kier molecular flexibility index (Phi) is 4.91. The van der Waals surface area contributed by atoms with Gasteiger partial charge in [-0.15, -0.1) is 21.5 Å². The van der Waals surface area contributed by atoms with Crippen LogP contribution in [0.4, 0.5) is 0 Å². The molecule has 0 atom stereocenters. The van der Waals surface area contributed by atoms with E-state index in [1.807, 2.05) is 53.9 Å². The van der Waals surface area contributed by atoms with Crippen LogP contribution < -0.4 is 0 Å². The summed E-state index contributed by atoms with van der Waals surface area (Å²) in [7, 11) is 0. The highest BCUT2D eigenvalue weighted by atomic mass is 79.9. The zero-order valence-electron chi connectivity index (χ0n) is 12.8. The molecule has 4 rings (SSSR count). The van der Waals surface area contributed by atoms with Crippen molar-refractivity contribution in [2.45, 2.75) is 10.8 Å². The van der Waals surface area contributed by atoms with Gasteiger partial charge in [0.15, 0.2) is 0 Å². The van der Waals surface area contributed by atoms with Crippen LogP contribution in [0.3, 0.4) is 0 Å². The first-order chi connectivity index (χ1) is 12.3. The fourth-order valence-corrected chi connectivity index (χ4v) is 3.85. The number of thiophene rings is 1. The van der Waals surface area contributed by atoms with E-state index in [1.54, 1.807) is 11.3 Å². The minimum atomic E-state index is 0.559. The van der Waals surface area contributed by atoms with E-state index in [9.17, 15) is 0 Å². The van der Waals surface area contributed by atoms with Gasteiger partial charge in [0.2, 0.25) is 11.7 Å². The molecule has 25 heavy (non-hydrogen) atoms. The summed E-state index contributed by atoms with van der Waals surface area (Å²) in [5.41, 5.74) is 1.86. The maximum absolute atomic E-state index is 5.29. The summed E-state index contributed by atoms with van der Waals surface area (Å²) in [4.78, 5) is 5.40. The Morgan fingerprint density at radius 1 is 1.08 bits per heavy atom. The smallest absolute Gasteiger partial charge is 0.237 e. The van der Waals surface area contributed by atoms with Crippen LogP contribution in [0.2, 0.25) is 0 Å². The van der Waals surface area contributed by atoms with Gasteiger partial charge in [-0.3, -0.25) is 0 Å². The van der Waals surface area contributed by atoms with Gasteiger partial charge < -0.3 is 4.52 Å². The van der Waals surface area contributed by atoms with Gasteiger partial charge in [0.25, 0.3) is 0 Å². The van der Waals surface area contributed by atoms with E-state index in [-0.39, 0.29) is 0 Å². The predicted octanol–water partition coefficient (Wildman–Crippen LogP) is 5.31. The zero-order valence-corrected chi connectivity index (χ0v) is 16.0. The third kappa shape index (κ3) is 3.97. The molecule has 0 N–H and O–H groups in total. The number of aromatic nitrogens is 4. The quantitative estimate of drug-likeness (QED) is 0.399. The standard InChI is InChI=1S/C17H11BrN4OS2/c18-12-4-1-3-11(9-12)13-6-7-16(21-20-13)25-10-15-19-17(22-23-15)14-5-2-8-24-14/h1-9H,10H2. The van der Waals surface area contributed by atoms with Crippen LogP contribution in [-0.4, -0.2) is 20.3 Å². The van der Waals surface area contributed by atoms with Crippen LogP contribution >= 0.6 is 39.0 Å². The lowest BCUT2D eigenvalue weighted by molar-refractivity contribution is 0.392. The maximum Gasteiger partial charge on any atom is 0.237 e. The van der Waals surface area contributed by atoms with E-state index in [0.717, 1.165) is 25.6 Å². The van der Waals surface area contributed by atoms with Crippen molar-refractivity contribution in [1.82, 2.24) is 20.3 Å². The number of halogens is 1. The minimum absolute atomic E-state index is 0.559. The summed E-state index contributed by atoms with van der Waals surface area (Å²) in [6, 6.07) is 15.8. The molecule has 0 aliphatic rings. The first kappa shape index (κ1) is 16.4. The van der Waals surface area contributed by atoms with E-state index < -0.39 is 0 Å². The summed E-state index contributed by atoms with van der Waals surface area (Å²) < 4.78 is 6.30. The van der Waals surface area contributed by atoms with E-state index in [0.29, 0.717) is 17.5 Å². The Morgan fingerprint density at radius 3 is 2.80 bits per heavy atom. The Labute approximate surface area is 160 Å². The van der Waals surface area contributed by atoms with Gasteiger partial charge in [-0.1, -0.05) is 51.0 Å². The molecule has 0 spiro atoms. The predicted molar refractivity (Wildman–Crippen MR) is 102 cm³/mol. The topological polar surface area (TPSA) is 64.7 Å². The Morgan fingerprint density at radius 2 is 2.04 bits per heavy atom. The number of nitrogens with zero attached hydrogens (tertiary/aromatic N) is 4. The van der Waals surface area contributed by atoms with Crippen LogP contribution in [0, 0.1) is 0 Å². The highest BCUT2D eigenvalue weighted by molar-refractivity contribution is 9.10. The summed E-state index contributed by atoms with van der Waals surface area (Å²) >= 11 is 6.57. The van der Waals surface area contributed by atoms with Gasteiger partial charge in [0, 0.05) is 10.0 Å². The van der Waals surface area contributed by atoms with E-state index >= 15 is 0 Å². The van der Waals surface area contributed by atoms with Crippen molar-refractivity contribution < 1.29 is 4.52 Å². The second-order valence-electron chi connectivity index (χ2n) is 5.04. The lowest BCUT2D eigenvalue weighted by Gasteiger charge is -2.02. The molecule has 1 aromatic carbocycles. The highest BCUT2D eigenvalue weighted by Gasteiger charge is 2.10. The molecule has 0 saturated carbocycles. The van der Waals surface area contributed by atoms with Crippen LogP contribution in [0.15, 0.2) is 67.9 Å². The molecule has 8 heteroatoms. The van der Waals surface area contributed by atoms with Crippen molar-refractivity contribution in [1.29, 1.82) is 0 Å². The first-order valence-corrected chi connectivity index (χ1v) is 10.0. The fraction of sp³-hybridized carbons (Fsp3) is 0.0588. The zero-order chi connectivity index (χ0) is 17.1. The summed E-state index contributed by atoms with van der Waals surface area (Å²) in [6.07, 6.45) is 0. The van der Waals surface area contributed by atoms with Crippen molar-refractivity contribution in [2.75, 3.05) is 0 Å². The number of hydrogen-bond donors (Lipinski definition) is 0. The molecule has 0 bridgehead atoms. The van der Waals surface area contributed by atoms with E-state index in [4.69, 9.17) is 4.52 Å². The van der Waals surface area contributed by atoms with Crippen molar-refractivity contribution in [2.24, 2.45) is 0 Å². The minimum Gasteiger partial charge on any atom is -0.338 e. The Hall–Kier alpha value is -2.03. The molecule has 3 aromatic heterocycles. The third-order valence-corrected chi connectivity index (χ3v) is 5.58. The van der Waals surface area contributed by atoms with Crippen LogP contribution in [0.1, 0.15) is 5.89 Å². The van der Waals surface area contributed by atoms with Gasteiger partial charge in [0.05, 0.1) is 16.3 Å². The largest absolute Gasteiger partial charge is 0.338 e. The lowest BCUT2D eigenvalue weighted by atomic mass is 10.1. The molecule has 0 amide bonds. The number of benzene rings is 1. The Balaban J connectivity index is 1.42. The molecule has 0 fully saturated rings. The summed E-state index contributed by atoms with van der Waals surface area (Å²) in [6.45, 7) is 0. The maximum atomic E-state index is 5.29. The van der Waals surface area contributed by atoms with Crippen molar-refractivity contribution >= 4 is 39.0 Å². The Bertz CT molecular complexity index is 971. The van der Waals surface area contributed by atoms with Gasteiger partial charge in [-0.2, -0.15) is 4.98 Å². The van der Waals surface area contributed by atoms with Gasteiger partial charge in [-0.05, 0) is 35.7 Å². The molecule has 0 radical (unpaired) electrons. The van der Waals surface area contributed by atoms with Crippen LogP contribution in [-0.2, 0) is 5.75 Å². The molecular weight excluding hydrogens is 420 g/mol. The molecule has 0 aliphatic carbocycles. The molecule has 0 aliphatic heterocycles. The third-order valence-electron chi connectivity index (χ3n) is 3.31. The first-order valence-electron chi connectivity index (χ1n) is 7.37. The van der Waals surface area contributed by atoms with Gasteiger partial charge in [0.1, 0.15) is 5.03 Å². The number of thioether (sulfide) groups is 1. The lowest BCUT2D eigenvalue weighted by Crippen LogP contribution is -1.90. The van der Waals surface area contributed by atoms with Crippen LogP contribution in [0.25, 0.3) is 22.0 Å². The van der Waals surface area contributed by atoms with Gasteiger partial charge in [-0.25, -0.2) is 0 Å². The number of rotatable bonds is 5. The number of hydrogen-bond acceptors (Lipinski definition) is 7. The molecule has 0 saturated heterocycles. The van der Waals surface area contributed by atoms with E-state index in [1.165, 1.54) is 11.8 Å². The van der Waals surface area contributed by atoms with E-state index in [2.05, 4.69) is 36.3 Å². The summed E-state index contributed by atoms with van der Waals surface area (Å²) in [5, 5.41) is 15.4. The average molecular weight is 431 g/mol. The molecule has 3 heterocycles. The fourth-order valence-electron chi connectivity index (χ4n) is 2.15. The van der Waals surface area contributed by atoms with Crippen molar-refractivity contribution in [3.8, 4) is 22.0 Å². The molecule has 124 valence electrons. The average Bonchev–Trinajstić information content (AvgIpc) is 3.32. The molecule has 5 nitrogen and oxygen atoms in total. The van der Waals surface area contributed by atoms with Gasteiger partial charge >= 0.3 is 0 Å². The summed E-state index contributed by atoms with van der Waals surface area (Å²) in [5.74, 6) is 1.76. The normalized spacial score (nSPS) is 10.9. The second kappa shape index (κ2) is 7.47. The van der Waals surface area contributed by atoms with Crippen LogP contribution in [0.5, 0.6) is 0 Å². The monoisotopic (exact) mass is 430 g/mol. The van der Waals surface area contributed by atoms with Crippen molar-refractivity contribution in [3.05, 3.63) is 64.3 Å². The molecular formula is C17H11BrN4OS2. The second-order valence-corrected chi connectivity index (χ2v) is 7.90.